The lowest BCUT2D eigenvalue weighted by atomic mass is 9.89. The quantitative estimate of drug-likeness (QED) is 0.614. The Balaban J connectivity index is 2.00. The average molecular weight is 204 g/mol. The molecule has 1 aromatic rings. The Morgan fingerprint density at radius 1 is 1.07 bits per heavy atom. The van der Waals surface area contributed by atoms with Gasteiger partial charge in [-0.15, -0.1) is 0 Å². The van der Waals surface area contributed by atoms with Crippen molar-refractivity contribution < 1.29 is 18.9 Å². The third-order valence-electron chi connectivity index (χ3n) is 2.45. The highest BCUT2D eigenvalue weighted by Crippen LogP contribution is 2.34. The van der Waals surface area contributed by atoms with Gasteiger partial charge in [-0.3, -0.25) is 0 Å². The Labute approximate surface area is 88.5 Å². The summed E-state index contributed by atoms with van der Waals surface area (Å²) in [5.41, 5.74) is 1.41. The summed E-state index contributed by atoms with van der Waals surface area (Å²) in [5, 5.41) is 0. The molecule has 0 atom stereocenters. The van der Waals surface area contributed by atoms with E-state index in [1.54, 1.807) is 6.07 Å². The molecule has 0 N–H and O–H groups in total. The number of benzene rings is 1. The zero-order valence-corrected chi connectivity index (χ0v) is 8.06. The first kappa shape index (κ1) is 9.06. The monoisotopic (exact) mass is 204 g/mol. The predicted octanol–water partition coefficient (Wildman–Crippen LogP) is 0.254. The van der Waals surface area contributed by atoms with Crippen molar-refractivity contribution in [3.05, 3.63) is 17.7 Å². The van der Waals surface area contributed by atoms with Gasteiger partial charge in [-0.05, 0) is 12.1 Å². The number of hydrogen-bond acceptors (Lipinski definition) is 4. The number of ether oxygens (including phenoxy) is 4. The van der Waals surface area contributed by atoms with Gasteiger partial charge in [0.1, 0.15) is 7.85 Å². The first-order chi connectivity index (χ1) is 7.34. The molecule has 2 aliphatic heterocycles. The molecule has 1 aromatic carbocycles. The van der Waals surface area contributed by atoms with E-state index < -0.39 is 0 Å². The van der Waals surface area contributed by atoms with Crippen molar-refractivity contribution in [2.45, 2.75) is 6.29 Å². The maximum Gasteiger partial charge on any atom is 0.231 e. The fourth-order valence-electron chi connectivity index (χ4n) is 1.72. The topological polar surface area (TPSA) is 36.9 Å². The van der Waals surface area contributed by atoms with Gasteiger partial charge >= 0.3 is 0 Å². The van der Waals surface area contributed by atoms with Crippen LogP contribution in [0.1, 0.15) is 11.9 Å². The molecule has 1 saturated heterocycles. The molecule has 5 heteroatoms. The maximum atomic E-state index is 5.88. The van der Waals surface area contributed by atoms with Crippen LogP contribution < -0.4 is 14.9 Å². The molecule has 3 rings (SSSR count). The van der Waals surface area contributed by atoms with Crippen LogP contribution in [-0.2, 0) is 9.47 Å². The smallest absolute Gasteiger partial charge is 0.231 e. The Kier molecular flexibility index (Phi) is 2.07. The highest BCUT2D eigenvalue weighted by atomic mass is 16.7. The Bertz CT molecular complexity index is 387. The molecule has 0 amide bonds. The molecule has 4 nitrogen and oxygen atoms in total. The zero-order chi connectivity index (χ0) is 10.3. The van der Waals surface area contributed by atoms with Gasteiger partial charge < -0.3 is 18.9 Å². The first-order valence-electron chi connectivity index (χ1n) is 4.77. The van der Waals surface area contributed by atoms with E-state index in [9.17, 15) is 0 Å². The van der Waals surface area contributed by atoms with E-state index in [0.717, 1.165) is 5.56 Å². The minimum Gasteiger partial charge on any atom is -0.454 e. The average Bonchev–Trinajstić information content (AvgIpc) is 2.85. The van der Waals surface area contributed by atoms with Gasteiger partial charge in [0.25, 0.3) is 0 Å². The third-order valence-corrected chi connectivity index (χ3v) is 2.45. The van der Waals surface area contributed by atoms with Gasteiger partial charge in [0.2, 0.25) is 6.79 Å². The van der Waals surface area contributed by atoms with Gasteiger partial charge in [-0.1, -0.05) is 5.46 Å². The van der Waals surface area contributed by atoms with Crippen molar-refractivity contribution >= 4 is 13.3 Å². The van der Waals surface area contributed by atoms with Gasteiger partial charge in [-0.2, -0.15) is 0 Å². The van der Waals surface area contributed by atoms with Crippen LogP contribution in [0, 0.1) is 0 Å². The highest BCUT2D eigenvalue weighted by Gasteiger charge is 2.23. The van der Waals surface area contributed by atoms with Crippen LogP contribution in [-0.4, -0.2) is 27.9 Å². The molecule has 0 bridgehead atoms. The summed E-state index contributed by atoms with van der Waals surface area (Å²) >= 11 is 0. The summed E-state index contributed by atoms with van der Waals surface area (Å²) < 4.78 is 21.2. The Hall–Kier alpha value is -1.20. The lowest BCUT2D eigenvalue weighted by molar-refractivity contribution is -0.0434. The van der Waals surface area contributed by atoms with Crippen LogP contribution in [0.25, 0.3) is 0 Å². The van der Waals surface area contributed by atoms with Gasteiger partial charge in [-0.25, -0.2) is 0 Å². The normalized spacial score (nSPS) is 19.7. The second-order valence-corrected chi connectivity index (χ2v) is 3.41. The van der Waals surface area contributed by atoms with E-state index in [0.29, 0.717) is 30.2 Å². The molecule has 0 saturated carbocycles. The van der Waals surface area contributed by atoms with E-state index in [4.69, 9.17) is 26.8 Å². The summed E-state index contributed by atoms with van der Waals surface area (Å²) in [7, 11) is 5.88. The molecule has 1 fully saturated rings. The molecular formula is C10H9BO4. The van der Waals surface area contributed by atoms with E-state index in [-0.39, 0.29) is 13.1 Å². The van der Waals surface area contributed by atoms with Gasteiger partial charge in [0, 0.05) is 5.56 Å². The maximum absolute atomic E-state index is 5.88. The van der Waals surface area contributed by atoms with Crippen LogP contribution in [0.2, 0.25) is 0 Å². The minimum absolute atomic E-state index is 0.241. The fourth-order valence-corrected chi connectivity index (χ4v) is 1.72. The van der Waals surface area contributed by atoms with E-state index in [1.807, 2.05) is 6.07 Å². The van der Waals surface area contributed by atoms with Crippen molar-refractivity contribution in [1.29, 1.82) is 0 Å². The summed E-state index contributed by atoms with van der Waals surface area (Å²) in [6.07, 6.45) is -0.375. The summed E-state index contributed by atoms with van der Waals surface area (Å²) in [4.78, 5) is 0. The molecule has 2 aliphatic rings. The van der Waals surface area contributed by atoms with E-state index in [2.05, 4.69) is 0 Å². The molecule has 0 unspecified atom stereocenters. The van der Waals surface area contributed by atoms with Crippen LogP contribution >= 0.6 is 0 Å². The third kappa shape index (κ3) is 1.48. The molecule has 76 valence electrons. The number of hydrogen-bond donors (Lipinski definition) is 0. The standard InChI is InChI=1S/C10H9BO4/c11-7-4-9-8(14-5-15-9)3-6(7)10-12-1-2-13-10/h3-4,10H,1-2,5H2. The second-order valence-electron chi connectivity index (χ2n) is 3.41. The molecule has 15 heavy (non-hydrogen) atoms. The molecule has 0 spiro atoms. The van der Waals surface area contributed by atoms with Crippen molar-refractivity contribution in [1.82, 2.24) is 0 Å². The fraction of sp³-hybridized carbons (Fsp3) is 0.400. The molecular weight excluding hydrogens is 195 g/mol. The number of rotatable bonds is 1. The van der Waals surface area contributed by atoms with E-state index in [1.165, 1.54) is 0 Å². The Morgan fingerprint density at radius 3 is 2.47 bits per heavy atom. The van der Waals surface area contributed by atoms with Gasteiger partial charge in [0.05, 0.1) is 13.2 Å². The largest absolute Gasteiger partial charge is 0.454 e. The first-order valence-corrected chi connectivity index (χ1v) is 4.77. The number of fused-ring (bicyclic) bond motifs is 1. The van der Waals surface area contributed by atoms with Crippen LogP contribution in [0.3, 0.4) is 0 Å². The van der Waals surface area contributed by atoms with Gasteiger partial charge in [0.15, 0.2) is 17.8 Å². The second kappa shape index (κ2) is 3.43. The summed E-state index contributed by atoms with van der Waals surface area (Å²) in [6, 6.07) is 3.55. The predicted molar refractivity (Wildman–Crippen MR) is 52.6 cm³/mol. The van der Waals surface area contributed by atoms with Crippen molar-refractivity contribution in [3.63, 3.8) is 0 Å². The highest BCUT2D eigenvalue weighted by molar-refractivity contribution is 6.33. The zero-order valence-electron chi connectivity index (χ0n) is 8.06. The van der Waals surface area contributed by atoms with Crippen molar-refractivity contribution in [3.8, 4) is 11.5 Å². The lowest BCUT2D eigenvalue weighted by Gasteiger charge is -2.13. The Morgan fingerprint density at radius 2 is 1.73 bits per heavy atom. The van der Waals surface area contributed by atoms with Crippen LogP contribution in [0.15, 0.2) is 12.1 Å². The molecule has 2 heterocycles. The van der Waals surface area contributed by atoms with Crippen molar-refractivity contribution in [2.75, 3.05) is 20.0 Å². The van der Waals surface area contributed by atoms with Crippen molar-refractivity contribution in [2.24, 2.45) is 0 Å². The molecule has 0 aromatic heterocycles. The lowest BCUT2D eigenvalue weighted by Crippen LogP contribution is -2.14. The van der Waals surface area contributed by atoms with E-state index >= 15 is 0 Å². The minimum atomic E-state index is -0.375. The van der Waals surface area contributed by atoms with Crippen LogP contribution in [0.5, 0.6) is 11.5 Å². The summed E-state index contributed by atoms with van der Waals surface area (Å²) in [6.45, 7) is 1.43. The molecule has 0 aliphatic carbocycles. The summed E-state index contributed by atoms with van der Waals surface area (Å²) in [5.74, 6) is 1.37. The SMILES string of the molecule is [B]c1cc2c(cc1C1OCCO1)OCO2. The molecule has 2 radical (unpaired) electrons. The van der Waals surface area contributed by atoms with Crippen LogP contribution in [0.4, 0.5) is 0 Å².